The molecule has 2 aromatic rings. The number of hydrogen-bond donors (Lipinski definition) is 0. The van der Waals surface area contributed by atoms with Crippen LogP contribution in [0, 0.1) is 6.92 Å². The second kappa shape index (κ2) is 9.43. The molecular weight excluding hydrogens is 390 g/mol. The summed E-state index contributed by atoms with van der Waals surface area (Å²) >= 11 is 0.797. The molecule has 2 amide bonds. The van der Waals surface area contributed by atoms with Gasteiger partial charge in [0.15, 0.2) is 0 Å². The van der Waals surface area contributed by atoms with Gasteiger partial charge in [0.1, 0.15) is 18.9 Å². The molecule has 1 heterocycles. The van der Waals surface area contributed by atoms with Crippen LogP contribution in [-0.2, 0) is 20.9 Å². The second-order valence-corrected chi connectivity index (χ2v) is 7.38. The maximum atomic E-state index is 12.5. The van der Waals surface area contributed by atoms with E-state index in [2.05, 4.69) is 0 Å². The number of aryl methyl sites for hydroxylation is 1. The molecule has 0 bridgehead atoms. The topological polar surface area (TPSA) is 72.9 Å². The van der Waals surface area contributed by atoms with Crippen LogP contribution < -0.4 is 4.74 Å². The fourth-order valence-corrected chi connectivity index (χ4v) is 3.52. The quantitative estimate of drug-likeness (QED) is 0.503. The van der Waals surface area contributed by atoms with E-state index in [-0.39, 0.29) is 18.1 Å². The Hall–Kier alpha value is -3.06. The molecular formula is C22H21NO5S. The second-order valence-electron chi connectivity index (χ2n) is 6.38. The Kier molecular flexibility index (Phi) is 6.72. The van der Waals surface area contributed by atoms with Crippen molar-refractivity contribution in [3.8, 4) is 5.75 Å². The van der Waals surface area contributed by atoms with Gasteiger partial charge in [0.25, 0.3) is 11.1 Å². The summed E-state index contributed by atoms with van der Waals surface area (Å²) < 4.78 is 10.7. The lowest BCUT2D eigenvalue weighted by atomic mass is 10.1. The molecule has 1 saturated heterocycles. The predicted octanol–water partition coefficient (Wildman–Crippen LogP) is 4.17. The fraction of sp³-hybridized carbons (Fsp3) is 0.227. The molecule has 2 aromatic carbocycles. The Morgan fingerprint density at radius 2 is 1.83 bits per heavy atom. The number of benzene rings is 2. The van der Waals surface area contributed by atoms with Gasteiger partial charge >= 0.3 is 5.97 Å². The van der Waals surface area contributed by atoms with Crippen molar-refractivity contribution in [2.45, 2.75) is 20.5 Å². The van der Waals surface area contributed by atoms with Crippen molar-refractivity contribution in [2.75, 3.05) is 13.2 Å². The molecule has 0 atom stereocenters. The van der Waals surface area contributed by atoms with E-state index < -0.39 is 17.1 Å². The van der Waals surface area contributed by atoms with E-state index in [9.17, 15) is 14.4 Å². The van der Waals surface area contributed by atoms with Gasteiger partial charge in [0.05, 0.1) is 11.5 Å². The molecule has 0 N–H and O–H groups in total. The number of nitrogens with zero attached hydrogens (tertiary/aromatic N) is 1. The molecule has 1 fully saturated rings. The normalized spacial score (nSPS) is 15.1. The maximum absolute atomic E-state index is 12.5. The van der Waals surface area contributed by atoms with Gasteiger partial charge in [-0.2, -0.15) is 0 Å². The lowest BCUT2D eigenvalue weighted by Gasteiger charge is -2.11. The first-order valence-electron chi connectivity index (χ1n) is 9.16. The lowest BCUT2D eigenvalue weighted by Crippen LogP contribution is -2.34. The number of thioether (sulfide) groups is 1. The molecule has 150 valence electrons. The average molecular weight is 411 g/mol. The minimum Gasteiger partial charge on any atom is -0.488 e. The summed E-state index contributed by atoms with van der Waals surface area (Å²) in [6.45, 7) is 3.88. The van der Waals surface area contributed by atoms with Crippen LogP contribution in [0.25, 0.3) is 6.08 Å². The van der Waals surface area contributed by atoms with Crippen LogP contribution >= 0.6 is 11.8 Å². The van der Waals surface area contributed by atoms with E-state index in [1.54, 1.807) is 13.0 Å². The smallest absolute Gasteiger partial charge is 0.326 e. The van der Waals surface area contributed by atoms with Gasteiger partial charge in [-0.15, -0.1) is 0 Å². The predicted molar refractivity (Wildman–Crippen MR) is 111 cm³/mol. The number of ether oxygens (including phenoxy) is 2. The molecule has 0 unspecified atom stereocenters. The number of hydrogen-bond acceptors (Lipinski definition) is 6. The van der Waals surface area contributed by atoms with Crippen molar-refractivity contribution >= 4 is 35.0 Å². The van der Waals surface area contributed by atoms with E-state index >= 15 is 0 Å². The molecule has 0 aromatic heterocycles. The van der Waals surface area contributed by atoms with Gasteiger partial charge in [0, 0.05) is 5.56 Å². The molecule has 0 radical (unpaired) electrons. The maximum Gasteiger partial charge on any atom is 0.326 e. The van der Waals surface area contributed by atoms with Crippen LogP contribution in [0.4, 0.5) is 4.79 Å². The minimum absolute atomic E-state index is 0.191. The van der Waals surface area contributed by atoms with Crippen LogP contribution in [-0.4, -0.2) is 35.2 Å². The third-order valence-corrected chi connectivity index (χ3v) is 5.09. The SMILES string of the molecule is CCOC(=O)CN1C(=O)S/C(=C\c2ccccc2OCc2ccc(C)cc2)C1=O. The number of rotatable bonds is 7. The van der Waals surface area contributed by atoms with Crippen molar-refractivity contribution in [2.24, 2.45) is 0 Å². The van der Waals surface area contributed by atoms with Crippen LogP contribution in [0.5, 0.6) is 5.75 Å². The van der Waals surface area contributed by atoms with Crippen LogP contribution in [0.15, 0.2) is 53.4 Å². The molecule has 29 heavy (non-hydrogen) atoms. The first-order chi connectivity index (χ1) is 14.0. The van der Waals surface area contributed by atoms with E-state index in [0.717, 1.165) is 22.2 Å². The van der Waals surface area contributed by atoms with E-state index in [1.807, 2.05) is 55.5 Å². The summed E-state index contributed by atoms with van der Waals surface area (Å²) in [7, 11) is 0. The number of imide groups is 1. The minimum atomic E-state index is -0.613. The summed E-state index contributed by atoms with van der Waals surface area (Å²) in [5.74, 6) is -0.524. The molecule has 7 heteroatoms. The zero-order chi connectivity index (χ0) is 20.8. The Balaban J connectivity index is 1.74. The third kappa shape index (κ3) is 5.26. The van der Waals surface area contributed by atoms with Crippen molar-refractivity contribution in [3.05, 3.63) is 70.1 Å². The van der Waals surface area contributed by atoms with Gasteiger partial charge in [-0.05, 0) is 43.3 Å². The first kappa shape index (κ1) is 20.7. The summed E-state index contributed by atoms with van der Waals surface area (Å²) in [6, 6.07) is 15.3. The highest BCUT2D eigenvalue weighted by molar-refractivity contribution is 8.18. The number of carbonyl (C=O) groups is 3. The van der Waals surface area contributed by atoms with Crippen LogP contribution in [0.3, 0.4) is 0 Å². The van der Waals surface area contributed by atoms with Gasteiger partial charge in [-0.1, -0.05) is 48.0 Å². The summed E-state index contributed by atoms with van der Waals surface area (Å²) in [5, 5.41) is -0.493. The van der Waals surface area contributed by atoms with E-state index in [4.69, 9.17) is 9.47 Å². The van der Waals surface area contributed by atoms with Crippen LogP contribution in [0.1, 0.15) is 23.6 Å². The number of para-hydroxylation sites is 1. The Morgan fingerprint density at radius 3 is 2.55 bits per heavy atom. The van der Waals surface area contributed by atoms with Gasteiger partial charge in [0.2, 0.25) is 0 Å². The van der Waals surface area contributed by atoms with Crippen molar-refractivity contribution in [3.63, 3.8) is 0 Å². The third-order valence-electron chi connectivity index (χ3n) is 4.19. The summed E-state index contributed by atoms with van der Waals surface area (Å²) in [4.78, 5) is 37.5. The number of carbonyl (C=O) groups excluding carboxylic acids is 3. The Bertz CT molecular complexity index is 952. The first-order valence-corrected chi connectivity index (χ1v) is 9.98. The number of amides is 2. The molecule has 1 aliphatic heterocycles. The Morgan fingerprint density at radius 1 is 1.10 bits per heavy atom. The van der Waals surface area contributed by atoms with Gasteiger partial charge in [-0.3, -0.25) is 19.3 Å². The van der Waals surface area contributed by atoms with Gasteiger partial charge < -0.3 is 9.47 Å². The highest BCUT2D eigenvalue weighted by atomic mass is 32.2. The van der Waals surface area contributed by atoms with Gasteiger partial charge in [-0.25, -0.2) is 0 Å². The molecule has 0 aliphatic carbocycles. The van der Waals surface area contributed by atoms with Crippen LogP contribution in [0.2, 0.25) is 0 Å². The summed E-state index contributed by atoms with van der Waals surface area (Å²) in [5.41, 5.74) is 2.88. The number of esters is 1. The highest BCUT2D eigenvalue weighted by Gasteiger charge is 2.36. The molecule has 6 nitrogen and oxygen atoms in total. The molecule has 0 saturated carbocycles. The zero-order valence-electron chi connectivity index (χ0n) is 16.2. The van der Waals surface area contributed by atoms with E-state index in [0.29, 0.717) is 17.9 Å². The molecule has 3 rings (SSSR count). The lowest BCUT2D eigenvalue weighted by molar-refractivity contribution is -0.145. The van der Waals surface area contributed by atoms with Crippen molar-refractivity contribution < 1.29 is 23.9 Å². The fourth-order valence-electron chi connectivity index (χ4n) is 2.69. The average Bonchev–Trinajstić information content (AvgIpc) is 2.96. The molecule has 0 spiro atoms. The zero-order valence-corrected chi connectivity index (χ0v) is 17.0. The van der Waals surface area contributed by atoms with Crippen molar-refractivity contribution in [1.82, 2.24) is 4.90 Å². The largest absolute Gasteiger partial charge is 0.488 e. The highest BCUT2D eigenvalue weighted by Crippen LogP contribution is 2.34. The molecule has 1 aliphatic rings. The van der Waals surface area contributed by atoms with E-state index in [1.165, 1.54) is 5.56 Å². The van der Waals surface area contributed by atoms with Crippen molar-refractivity contribution in [1.29, 1.82) is 0 Å². The Labute approximate surface area is 173 Å². The monoisotopic (exact) mass is 411 g/mol. The standard InChI is InChI=1S/C22H21NO5S/c1-3-27-20(24)13-23-21(25)19(29-22(23)26)12-17-6-4-5-7-18(17)28-14-16-10-8-15(2)9-11-16/h4-12H,3,13-14H2,1-2H3/b19-12-. The summed E-state index contributed by atoms with van der Waals surface area (Å²) in [6.07, 6.45) is 1.61.